The Morgan fingerprint density at radius 2 is 2.24 bits per heavy atom. The van der Waals surface area contributed by atoms with E-state index in [1.54, 1.807) is 24.3 Å². The lowest BCUT2D eigenvalue weighted by Gasteiger charge is -2.23. The van der Waals surface area contributed by atoms with Crippen LogP contribution in [0.15, 0.2) is 24.3 Å². The number of aliphatic hydroxyl groups is 1. The number of aliphatic hydroxyl groups excluding tert-OH is 1. The molecule has 1 saturated heterocycles. The zero-order chi connectivity index (χ0) is 15.3. The molecule has 6 heteroatoms. The number of rotatable bonds is 2. The second kappa shape index (κ2) is 6.74. The standard InChI is InChI=1S/C15H17NO4S/c17-8-2-5-12-4-1-6-13(10-12)15(18)16-14-7-3-9-21(19,20)11-14/h1,4,6,10,14,17H,3,7-9,11H2,(H,16,18). The highest BCUT2D eigenvalue weighted by Gasteiger charge is 2.26. The maximum absolute atomic E-state index is 12.1. The largest absolute Gasteiger partial charge is 0.384 e. The van der Waals surface area contributed by atoms with Crippen molar-refractivity contribution in [2.24, 2.45) is 0 Å². The molecular formula is C15H17NO4S. The van der Waals surface area contributed by atoms with Gasteiger partial charge >= 0.3 is 0 Å². The molecule has 1 aliphatic rings. The Hall–Kier alpha value is -1.84. The van der Waals surface area contributed by atoms with Crippen LogP contribution in [0.4, 0.5) is 0 Å². The second-order valence-electron chi connectivity index (χ2n) is 4.97. The Morgan fingerprint density at radius 1 is 1.43 bits per heavy atom. The molecule has 1 unspecified atom stereocenters. The van der Waals surface area contributed by atoms with Gasteiger partial charge in [0.15, 0.2) is 9.84 Å². The Kier molecular flexibility index (Phi) is 4.99. The van der Waals surface area contributed by atoms with Crippen LogP contribution >= 0.6 is 0 Å². The molecule has 1 atom stereocenters. The van der Waals surface area contributed by atoms with Crippen LogP contribution in [0.3, 0.4) is 0 Å². The second-order valence-corrected chi connectivity index (χ2v) is 7.20. The van der Waals surface area contributed by atoms with Crippen LogP contribution in [0, 0.1) is 11.8 Å². The number of nitrogens with one attached hydrogen (secondary N) is 1. The fourth-order valence-electron chi connectivity index (χ4n) is 2.29. The first kappa shape index (κ1) is 15.5. The number of amides is 1. The quantitative estimate of drug-likeness (QED) is 0.772. The van der Waals surface area contributed by atoms with Crippen LogP contribution in [-0.4, -0.2) is 43.6 Å². The van der Waals surface area contributed by atoms with Crippen LogP contribution in [0.5, 0.6) is 0 Å². The highest BCUT2D eigenvalue weighted by atomic mass is 32.2. The summed E-state index contributed by atoms with van der Waals surface area (Å²) in [5.41, 5.74) is 1.07. The maximum Gasteiger partial charge on any atom is 0.251 e. The van der Waals surface area contributed by atoms with Crippen LogP contribution in [-0.2, 0) is 9.84 Å². The van der Waals surface area contributed by atoms with Crippen molar-refractivity contribution in [1.29, 1.82) is 0 Å². The molecule has 1 amide bonds. The van der Waals surface area contributed by atoms with E-state index >= 15 is 0 Å². The number of benzene rings is 1. The van der Waals surface area contributed by atoms with E-state index in [2.05, 4.69) is 17.2 Å². The van der Waals surface area contributed by atoms with Gasteiger partial charge in [-0.15, -0.1) is 0 Å². The van der Waals surface area contributed by atoms with Crippen molar-refractivity contribution in [2.45, 2.75) is 18.9 Å². The summed E-state index contributed by atoms with van der Waals surface area (Å²) in [6.45, 7) is -0.240. The fourth-order valence-corrected chi connectivity index (χ4v) is 3.92. The molecule has 5 nitrogen and oxygen atoms in total. The molecule has 21 heavy (non-hydrogen) atoms. The molecule has 0 bridgehead atoms. The number of carbonyl (C=O) groups excluding carboxylic acids is 1. The summed E-state index contributed by atoms with van der Waals surface area (Å²) < 4.78 is 23.1. The molecule has 2 rings (SSSR count). The van der Waals surface area contributed by atoms with Gasteiger partial charge in [0.05, 0.1) is 11.5 Å². The van der Waals surface area contributed by atoms with Crippen LogP contribution < -0.4 is 5.32 Å². The van der Waals surface area contributed by atoms with Crippen molar-refractivity contribution < 1.29 is 18.3 Å². The molecule has 1 aromatic rings. The molecule has 0 radical (unpaired) electrons. The zero-order valence-electron chi connectivity index (χ0n) is 11.5. The lowest BCUT2D eigenvalue weighted by Crippen LogP contribution is -2.43. The van der Waals surface area contributed by atoms with Crippen LogP contribution in [0.2, 0.25) is 0 Å². The van der Waals surface area contributed by atoms with E-state index in [1.807, 2.05) is 0 Å². The van der Waals surface area contributed by atoms with E-state index in [0.29, 0.717) is 24.0 Å². The molecule has 1 aliphatic heterocycles. The molecule has 1 fully saturated rings. The number of sulfone groups is 1. The van der Waals surface area contributed by atoms with E-state index in [4.69, 9.17) is 5.11 Å². The number of carbonyl (C=O) groups is 1. The maximum atomic E-state index is 12.1. The van der Waals surface area contributed by atoms with Crippen molar-refractivity contribution in [1.82, 2.24) is 5.32 Å². The lowest BCUT2D eigenvalue weighted by molar-refractivity contribution is 0.0938. The Balaban J connectivity index is 2.06. The normalized spacial score (nSPS) is 20.1. The topological polar surface area (TPSA) is 83.5 Å². The minimum Gasteiger partial charge on any atom is -0.384 e. The Bertz CT molecular complexity index is 685. The van der Waals surface area contributed by atoms with Crippen molar-refractivity contribution in [3.8, 4) is 11.8 Å². The van der Waals surface area contributed by atoms with Gasteiger partial charge in [-0.2, -0.15) is 0 Å². The minimum absolute atomic E-state index is 0.00273. The third-order valence-corrected chi connectivity index (χ3v) is 5.06. The lowest BCUT2D eigenvalue weighted by atomic mass is 10.1. The van der Waals surface area contributed by atoms with Crippen LogP contribution in [0.1, 0.15) is 28.8 Å². The summed E-state index contributed by atoms with van der Waals surface area (Å²) in [6.07, 6.45) is 1.25. The molecule has 112 valence electrons. The van der Waals surface area contributed by atoms with Crippen molar-refractivity contribution in [3.05, 3.63) is 35.4 Å². The highest BCUT2D eigenvalue weighted by Crippen LogP contribution is 2.13. The van der Waals surface area contributed by atoms with Crippen LogP contribution in [0.25, 0.3) is 0 Å². The summed E-state index contributed by atoms with van der Waals surface area (Å²) >= 11 is 0. The van der Waals surface area contributed by atoms with E-state index in [9.17, 15) is 13.2 Å². The summed E-state index contributed by atoms with van der Waals surface area (Å²) in [4.78, 5) is 12.1. The monoisotopic (exact) mass is 307 g/mol. The Morgan fingerprint density at radius 3 is 2.95 bits per heavy atom. The van der Waals surface area contributed by atoms with Gasteiger partial charge in [0.2, 0.25) is 0 Å². The average molecular weight is 307 g/mol. The fraction of sp³-hybridized carbons (Fsp3) is 0.400. The van der Waals surface area contributed by atoms with Gasteiger partial charge < -0.3 is 10.4 Å². The summed E-state index contributed by atoms with van der Waals surface area (Å²) in [5.74, 6) is 5.15. The van der Waals surface area contributed by atoms with Gasteiger partial charge in [0.25, 0.3) is 5.91 Å². The molecule has 2 N–H and O–H groups in total. The molecule has 1 heterocycles. The van der Waals surface area contributed by atoms with Gasteiger partial charge in [0, 0.05) is 17.2 Å². The van der Waals surface area contributed by atoms with E-state index in [-0.39, 0.29) is 30.1 Å². The first-order chi connectivity index (χ1) is 10.00. The van der Waals surface area contributed by atoms with E-state index in [1.165, 1.54) is 0 Å². The van der Waals surface area contributed by atoms with Gasteiger partial charge in [-0.1, -0.05) is 17.9 Å². The molecule has 0 spiro atoms. The molecule has 0 aliphatic carbocycles. The summed E-state index contributed by atoms with van der Waals surface area (Å²) in [7, 11) is -3.04. The van der Waals surface area contributed by atoms with Crippen molar-refractivity contribution in [3.63, 3.8) is 0 Å². The molecular weight excluding hydrogens is 290 g/mol. The predicted octanol–water partition coefficient (Wildman–Crippen LogP) is 0.337. The van der Waals surface area contributed by atoms with Gasteiger partial charge in [-0.05, 0) is 31.0 Å². The van der Waals surface area contributed by atoms with E-state index < -0.39 is 9.84 Å². The third kappa shape index (κ3) is 4.59. The SMILES string of the molecule is O=C(NC1CCCS(=O)(=O)C1)c1cccc(C#CCO)c1. The molecule has 0 saturated carbocycles. The van der Waals surface area contributed by atoms with Gasteiger partial charge in [-0.25, -0.2) is 8.42 Å². The van der Waals surface area contributed by atoms with E-state index in [0.717, 1.165) is 0 Å². The van der Waals surface area contributed by atoms with Crippen molar-refractivity contribution in [2.75, 3.05) is 18.1 Å². The zero-order valence-corrected chi connectivity index (χ0v) is 12.3. The number of hydrogen-bond acceptors (Lipinski definition) is 4. The third-order valence-electron chi connectivity index (χ3n) is 3.23. The first-order valence-electron chi connectivity index (χ1n) is 6.71. The molecule has 0 aromatic heterocycles. The predicted molar refractivity (Wildman–Crippen MR) is 79.5 cm³/mol. The first-order valence-corrected chi connectivity index (χ1v) is 8.53. The number of hydrogen-bond donors (Lipinski definition) is 2. The highest BCUT2D eigenvalue weighted by molar-refractivity contribution is 7.91. The summed E-state index contributed by atoms with van der Waals surface area (Å²) in [5, 5.41) is 11.4. The van der Waals surface area contributed by atoms with Gasteiger partial charge in [-0.3, -0.25) is 4.79 Å². The van der Waals surface area contributed by atoms with Crippen molar-refractivity contribution >= 4 is 15.7 Å². The minimum atomic E-state index is -3.04. The summed E-state index contributed by atoms with van der Waals surface area (Å²) in [6, 6.07) is 6.38. The average Bonchev–Trinajstić information content (AvgIpc) is 2.44. The van der Waals surface area contributed by atoms with Gasteiger partial charge in [0.1, 0.15) is 6.61 Å². The smallest absolute Gasteiger partial charge is 0.251 e. The molecule has 1 aromatic carbocycles. The Labute approximate surface area is 124 Å².